The van der Waals surface area contributed by atoms with Gasteiger partial charge in [0.2, 0.25) is 0 Å². The Kier molecular flexibility index (Phi) is 5.18. The third kappa shape index (κ3) is 4.61. The van der Waals surface area contributed by atoms with E-state index in [4.69, 9.17) is 0 Å². The van der Waals surface area contributed by atoms with Crippen LogP contribution in [0.2, 0.25) is 0 Å². The molecule has 1 rings (SSSR count). The van der Waals surface area contributed by atoms with Crippen LogP contribution in [0.25, 0.3) is 0 Å². The molecule has 3 atom stereocenters. The molecule has 0 aliphatic heterocycles. The van der Waals surface area contributed by atoms with Crippen molar-refractivity contribution in [1.82, 2.24) is 0 Å². The molecule has 13 heavy (non-hydrogen) atoms. The van der Waals surface area contributed by atoms with Gasteiger partial charge in [0.1, 0.15) is 0 Å². The fourth-order valence-electron chi connectivity index (χ4n) is 2.28. The highest BCUT2D eigenvalue weighted by atomic mass is 127. The number of aliphatic hydroxyl groups excluding tert-OH is 1. The molecule has 1 fully saturated rings. The Balaban J connectivity index is 0.00000144. The fraction of sp³-hybridized carbons (Fsp3) is 1.00. The van der Waals surface area contributed by atoms with Crippen molar-refractivity contribution in [2.24, 2.45) is 11.8 Å². The van der Waals surface area contributed by atoms with Crippen LogP contribution >= 0.6 is 0 Å². The van der Waals surface area contributed by atoms with Crippen LogP contribution in [-0.4, -0.2) is 43.4 Å². The molecule has 1 saturated carbocycles. The standard InChI is InChI=1S/C10H22NO.HI/c1-8-5-9(6-10(8)12)7-11(2,3)4;/h8-10,12H,5-7H2,1-4H3;1H/q+1;/p-1/t8-,9+,10-;/m1./s1. The number of hydrogen-bond donors (Lipinski definition) is 1. The second-order valence-electron chi connectivity index (χ2n) is 5.35. The van der Waals surface area contributed by atoms with Gasteiger partial charge in [0.05, 0.1) is 33.8 Å². The summed E-state index contributed by atoms with van der Waals surface area (Å²) >= 11 is 0. The van der Waals surface area contributed by atoms with Crippen molar-refractivity contribution in [3.63, 3.8) is 0 Å². The van der Waals surface area contributed by atoms with Crippen LogP contribution in [0.1, 0.15) is 19.8 Å². The van der Waals surface area contributed by atoms with E-state index in [1.165, 1.54) is 13.0 Å². The quantitative estimate of drug-likeness (QED) is 0.467. The van der Waals surface area contributed by atoms with E-state index in [9.17, 15) is 5.11 Å². The lowest BCUT2D eigenvalue weighted by atomic mass is 10.1. The van der Waals surface area contributed by atoms with Crippen LogP contribution in [0.5, 0.6) is 0 Å². The van der Waals surface area contributed by atoms with Gasteiger partial charge >= 0.3 is 0 Å². The van der Waals surface area contributed by atoms with Crippen molar-refractivity contribution >= 4 is 0 Å². The van der Waals surface area contributed by atoms with E-state index >= 15 is 0 Å². The molecule has 1 aliphatic rings. The molecular formula is C10H22INO. The van der Waals surface area contributed by atoms with E-state index in [-0.39, 0.29) is 30.1 Å². The Morgan fingerprint density at radius 1 is 1.23 bits per heavy atom. The molecule has 0 spiro atoms. The van der Waals surface area contributed by atoms with Gasteiger partial charge in [0.15, 0.2) is 0 Å². The van der Waals surface area contributed by atoms with Crippen molar-refractivity contribution in [1.29, 1.82) is 0 Å². The second kappa shape index (κ2) is 4.94. The largest absolute Gasteiger partial charge is 1.00 e. The molecule has 0 radical (unpaired) electrons. The smallest absolute Gasteiger partial charge is 0.0810 e. The zero-order chi connectivity index (χ0) is 9.35. The molecule has 0 unspecified atom stereocenters. The van der Waals surface area contributed by atoms with Gasteiger partial charge in [0, 0.05) is 5.92 Å². The van der Waals surface area contributed by atoms with Crippen LogP contribution in [0, 0.1) is 11.8 Å². The zero-order valence-corrected chi connectivity index (χ0v) is 11.3. The number of hydrogen-bond acceptors (Lipinski definition) is 1. The van der Waals surface area contributed by atoms with E-state index < -0.39 is 0 Å². The van der Waals surface area contributed by atoms with Gasteiger partial charge in [0.25, 0.3) is 0 Å². The molecule has 0 amide bonds. The molecule has 1 aliphatic carbocycles. The molecule has 0 aromatic rings. The van der Waals surface area contributed by atoms with E-state index in [2.05, 4.69) is 28.1 Å². The maximum atomic E-state index is 9.56. The first-order valence-corrected chi connectivity index (χ1v) is 4.87. The lowest BCUT2D eigenvalue weighted by molar-refractivity contribution is -0.873. The molecule has 80 valence electrons. The Morgan fingerprint density at radius 3 is 2.08 bits per heavy atom. The van der Waals surface area contributed by atoms with Crippen LogP contribution in [0.4, 0.5) is 0 Å². The number of quaternary nitrogens is 1. The number of rotatable bonds is 2. The van der Waals surface area contributed by atoms with E-state index in [0.717, 1.165) is 16.8 Å². The zero-order valence-electron chi connectivity index (χ0n) is 9.13. The first-order valence-electron chi connectivity index (χ1n) is 4.87. The molecule has 2 nitrogen and oxygen atoms in total. The molecule has 0 heterocycles. The third-order valence-electron chi connectivity index (χ3n) is 2.74. The summed E-state index contributed by atoms with van der Waals surface area (Å²) in [6.45, 7) is 3.35. The van der Waals surface area contributed by atoms with E-state index in [1.54, 1.807) is 0 Å². The SMILES string of the molecule is C[C@@H]1C[C@H](C[N+](C)(C)C)C[C@H]1O.[I-]. The van der Waals surface area contributed by atoms with Crippen molar-refractivity contribution in [3.05, 3.63) is 0 Å². The first-order chi connectivity index (χ1) is 5.38. The topological polar surface area (TPSA) is 20.2 Å². The Labute approximate surface area is 98.9 Å². The Bertz CT molecular complexity index is 145. The van der Waals surface area contributed by atoms with Crippen molar-refractivity contribution in [2.75, 3.05) is 27.7 Å². The molecule has 0 bridgehead atoms. The van der Waals surface area contributed by atoms with Crippen molar-refractivity contribution < 1.29 is 33.6 Å². The summed E-state index contributed by atoms with van der Waals surface area (Å²) in [7, 11) is 6.65. The van der Waals surface area contributed by atoms with E-state index in [1.807, 2.05) is 0 Å². The highest BCUT2D eigenvalue weighted by molar-refractivity contribution is 4.80. The summed E-state index contributed by atoms with van der Waals surface area (Å²) < 4.78 is 1.02. The minimum atomic E-state index is -0.0402. The maximum Gasteiger partial charge on any atom is 0.0810 e. The van der Waals surface area contributed by atoms with Gasteiger partial charge in [-0.05, 0) is 18.8 Å². The van der Waals surface area contributed by atoms with Crippen LogP contribution in [-0.2, 0) is 0 Å². The monoisotopic (exact) mass is 299 g/mol. The Hall–Kier alpha value is 0.650. The van der Waals surface area contributed by atoms with Gasteiger partial charge < -0.3 is 33.6 Å². The normalized spacial score (nSPS) is 34.4. The summed E-state index contributed by atoms with van der Waals surface area (Å²) in [5, 5.41) is 9.56. The van der Waals surface area contributed by atoms with E-state index in [0.29, 0.717) is 5.92 Å². The Morgan fingerprint density at radius 2 is 1.77 bits per heavy atom. The molecule has 1 N–H and O–H groups in total. The highest BCUT2D eigenvalue weighted by Crippen LogP contribution is 2.31. The number of aliphatic hydroxyl groups is 1. The van der Waals surface area contributed by atoms with Gasteiger partial charge in [-0.3, -0.25) is 0 Å². The third-order valence-corrected chi connectivity index (χ3v) is 2.74. The highest BCUT2D eigenvalue weighted by Gasteiger charge is 2.32. The lowest BCUT2D eigenvalue weighted by Gasteiger charge is -2.27. The number of nitrogens with zero attached hydrogens (tertiary/aromatic N) is 1. The van der Waals surface area contributed by atoms with Gasteiger partial charge in [-0.1, -0.05) is 6.92 Å². The summed E-state index contributed by atoms with van der Waals surface area (Å²) in [6.07, 6.45) is 2.18. The lowest BCUT2D eigenvalue weighted by Crippen LogP contribution is -3.00. The van der Waals surface area contributed by atoms with Crippen LogP contribution in [0.15, 0.2) is 0 Å². The average molecular weight is 299 g/mol. The van der Waals surface area contributed by atoms with Crippen molar-refractivity contribution in [2.45, 2.75) is 25.9 Å². The van der Waals surface area contributed by atoms with Gasteiger partial charge in [-0.2, -0.15) is 0 Å². The molecule has 0 aromatic carbocycles. The summed E-state index contributed by atoms with van der Waals surface area (Å²) in [6, 6.07) is 0. The predicted molar refractivity (Wildman–Crippen MR) is 50.8 cm³/mol. The second-order valence-corrected chi connectivity index (χ2v) is 5.35. The summed E-state index contributed by atoms with van der Waals surface area (Å²) in [5.41, 5.74) is 0. The van der Waals surface area contributed by atoms with Crippen LogP contribution < -0.4 is 24.0 Å². The minimum absolute atomic E-state index is 0. The van der Waals surface area contributed by atoms with Gasteiger partial charge in [-0.25, -0.2) is 0 Å². The summed E-state index contributed by atoms with van der Waals surface area (Å²) in [5.74, 6) is 1.25. The maximum absolute atomic E-state index is 9.56. The molecule has 0 aromatic heterocycles. The first kappa shape index (κ1) is 13.7. The molecule has 3 heteroatoms. The molecule has 0 saturated heterocycles. The van der Waals surface area contributed by atoms with Gasteiger partial charge in [-0.15, -0.1) is 0 Å². The average Bonchev–Trinajstić information content (AvgIpc) is 2.07. The van der Waals surface area contributed by atoms with Crippen molar-refractivity contribution in [3.8, 4) is 0 Å². The summed E-state index contributed by atoms with van der Waals surface area (Å²) in [4.78, 5) is 0. The van der Waals surface area contributed by atoms with Crippen LogP contribution in [0.3, 0.4) is 0 Å². The molecular weight excluding hydrogens is 277 g/mol. The minimum Gasteiger partial charge on any atom is -1.00 e. The fourth-order valence-corrected chi connectivity index (χ4v) is 2.28. The predicted octanol–water partition coefficient (Wildman–Crippen LogP) is -1.90. The number of halogens is 1.